The second kappa shape index (κ2) is 7.45. The molecule has 5 rings (SSSR count). The fraction of sp³-hybridized carbons (Fsp3) is 0.966. The van der Waals surface area contributed by atoms with Crippen LogP contribution in [0.4, 0.5) is 0 Å². The topological polar surface area (TPSA) is 55.8 Å². The number of aliphatic hydroxyl groups is 1. The molecule has 4 aliphatic carbocycles. The molecule has 0 radical (unpaired) electrons. The minimum Gasteiger partial charge on any atom is -0.462 e. The molecule has 0 aromatic carbocycles. The Bertz CT molecular complexity index is 807. The third-order valence-electron chi connectivity index (χ3n) is 12.8. The lowest BCUT2D eigenvalue weighted by atomic mass is 9.34. The molecule has 33 heavy (non-hydrogen) atoms. The van der Waals surface area contributed by atoms with Crippen LogP contribution in [0.1, 0.15) is 106 Å². The zero-order valence-electron chi connectivity index (χ0n) is 22.2. The number of fused-ring (bicyclic) bond motifs is 7. The number of hydrogen-bond acceptors (Lipinski definition) is 4. The van der Waals surface area contributed by atoms with E-state index in [0.717, 1.165) is 25.2 Å². The van der Waals surface area contributed by atoms with Crippen LogP contribution in [0.3, 0.4) is 0 Å². The number of carbonyl (C=O) groups excluding carboxylic acids is 1. The molecule has 5 aliphatic rings. The summed E-state index contributed by atoms with van der Waals surface area (Å²) in [7, 11) is 0. The lowest BCUT2D eigenvalue weighted by Crippen LogP contribution is -2.68. The summed E-state index contributed by atoms with van der Waals surface area (Å²) in [6, 6.07) is 0. The standard InChI is InChI=1S/C29H48O4/c1-8-25(3)13-9-14-26(4)21(25)12-15-27(5)22-11-10-19-20(17-32-29(19,7)31)28(22,6)24(16-23(26)27)33-18(2)30/h19-24,31H,8-17H2,1-7H3. The molecule has 11 unspecified atom stereocenters. The number of ether oxygens (including phenoxy) is 2. The van der Waals surface area contributed by atoms with Crippen LogP contribution in [0.5, 0.6) is 0 Å². The van der Waals surface area contributed by atoms with Crippen LogP contribution in [-0.2, 0) is 14.3 Å². The summed E-state index contributed by atoms with van der Waals surface area (Å²) < 4.78 is 12.2. The third-order valence-corrected chi connectivity index (χ3v) is 12.8. The molecule has 0 bridgehead atoms. The molecule has 4 saturated carbocycles. The van der Waals surface area contributed by atoms with Gasteiger partial charge in [-0.15, -0.1) is 0 Å². The molecule has 188 valence electrons. The van der Waals surface area contributed by atoms with Gasteiger partial charge in [-0.25, -0.2) is 0 Å². The first-order valence-corrected chi connectivity index (χ1v) is 13.9. The first-order valence-electron chi connectivity index (χ1n) is 13.9. The van der Waals surface area contributed by atoms with Gasteiger partial charge in [-0.05, 0) is 91.8 Å². The van der Waals surface area contributed by atoms with Crippen molar-refractivity contribution in [3.63, 3.8) is 0 Å². The van der Waals surface area contributed by atoms with Crippen LogP contribution in [0.2, 0.25) is 0 Å². The van der Waals surface area contributed by atoms with Gasteiger partial charge in [0.15, 0.2) is 5.79 Å². The van der Waals surface area contributed by atoms with Crippen molar-refractivity contribution in [2.75, 3.05) is 6.61 Å². The Morgan fingerprint density at radius 3 is 2.30 bits per heavy atom. The maximum absolute atomic E-state index is 12.4. The summed E-state index contributed by atoms with van der Waals surface area (Å²) in [5, 5.41) is 11.0. The Labute approximate surface area is 201 Å². The van der Waals surface area contributed by atoms with E-state index >= 15 is 0 Å². The van der Waals surface area contributed by atoms with Crippen LogP contribution >= 0.6 is 0 Å². The van der Waals surface area contributed by atoms with Gasteiger partial charge >= 0.3 is 5.97 Å². The Hall–Kier alpha value is -0.610. The molecule has 0 aromatic heterocycles. The lowest BCUT2D eigenvalue weighted by molar-refractivity contribution is -0.259. The Morgan fingerprint density at radius 2 is 1.64 bits per heavy atom. The van der Waals surface area contributed by atoms with Crippen LogP contribution in [0.25, 0.3) is 0 Å². The van der Waals surface area contributed by atoms with E-state index in [2.05, 4.69) is 34.6 Å². The van der Waals surface area contributed by atoms with Crippen molar-refractivity contribution in [2.45, 2.75) is 118 Å². The molecule has 0 aromatic rings. The summed E-state index contributed by atoms with van der Waals surface area (Å²) >= 11 is 0. The Balaban J connectivity index is 1.59. The number of hydrogen-bond donors (Lipinski definition) is 1. The zero-order chi connectivity index (χ0) is 24.0. The molecule has 4 nitrogen and oxygen atoms in total. The minimum atomic E-state index is -1.06. The van der Waals surface area contributed by atoms with E-state index in [1.54, 1.807) is 6.92 Å². The third kappa shape index (κ3) is 3.11. The molecule has 0 spiro atoms. The van der Waals surface area contributed by atoms with Crippen LogP contribution in [-0.4, -0.2) is 29.6 Å². The van der Waals surface area contributed by atoms with Crippen molar-refractivity contribution in [2.24, 2.45) is 51.2 Å². The zero-order valence-corrected chi connectivity index (χ0v) is 22.2. The van der Waals surface area contributed by atoms with Gasteiger partial charge in [-0.2, -0.15) is 0 Å². The second-order valence-electron chi connectivity index (χ2n) is 13.9. The first-order chi connectivity index (χ1) is 15.3. The highest BCUT2D eigenvalue weighted by Gasteiger charge is 2.71. The van der Waals surface area contributed by atoms with Crippen molar-refractivity contribution in [3.8, 4) is 0 Å². The lowest BCUT2D eigenvalue weighted by Gasteiger charge is -2.71. The Morgan fingerprint density at radius 1 is 0.939 bits per heavy atom. The van der Waals surface area contributed by atoms with Crippen LogP contribution < -0.4 is 0 Å². The molecular weight excluding hydrogens is 412 g/mol. The normalized spacial score (nSPS) is 57.9. The van der Waals surface area contributed by atoms with Crippen molar-refractivity contribution in [3.05, 3.63) is 0 Å². The summed E-state index contributed by atoms with van der Waals surface area (Å²) in [6.07, 6.45) is 10.9. The Kier molecular flexibility index (Phi) is 5.44. The fourth-order valence-electron chi connectivity index (χ4n) is 11.1. The maximum Gasteiger partial charge on any atom is 0.302 e. The molecule has 11 atom stereocenters. The van der Waals surface area contributed by atoms with E-state index in [9.17, 15) is 9.90 Å². The van der Waals surface area contributed by atoms with Gasteiger partial charge in [0.05, 0.1) is 6.61 Å². The van der Waals surface area contributed by atoms with E-state index in [1.165, 1.54) is 38.5 Å². The van der Waals surface area contributed by atoms with E-state index in [1.807, 2.05) is 6.92 Å². The van der Waals surface area contributed by atoms with Gasteiger partial charge in [-0.3, -0.25) is 4.79 Å². The maximum atomic E-state index is 12.4. The van der Waals surface area contributed by atoms with E-state index in [-0.39, 0.29) is 34.7 Å². The average Bonchev–Trinajstić information content (AvgIpc) is 3.04. The van der Waals surface area contributed by atoms with Crippen molar-refractivity contribution in [1.29, 1.82) is 0 Å². The predicted molar refractivity (Wildman–Crippen MR) is 129 cm³/mol. The minimum absolute atomic E-state index is 0.0891. The highest BCUT2D eigenvalue weighted by molar-refractivity contribution is 5.66. The molecule has 5 fully saturated rings. The highest BCUT2D eigenvalue weighted by atomic mass is 16.6. The highest BCUT2D eigenvalue weighted by Crippen LogP contribution is 2.75. The van der Waals surface area contributed by atoms with E-state index < -0.39 is 5.79 Å². The molecule has 0 amide bonds. The van der Waals surface area contributed by atoms with Gasteiger partial charge in [0, 0.05) is 18.3 Å². The number of esters is 1. The SMILES string of the molecule is CCC1(C)CCCC2(C)C1CCC1(C)C2CC(OC(C)=O)C2(C)C3COC(C)(O)C3CCC12. The molecule has 4 heteroatoms. The summed E-state index contributed by atoms with van der Waals surface area (Å²) in [4.78, 5) is 12.4. The van der Waals surface area contributed by atoms with Crippen molar-refractivity contribution in [1.82, 2.24) is 0 Å². The second-order valence-corrected chi connectivity index (χ2v) is 13.9. The molecule has 1 aliphatic heterocycles. The van der Waals surface area contributed by atoms with Gasteiger partial charge in [0.1, 0.15) is 6.10 Å². The van der Waals surface area contributed by atoms with Crippen LogP contribution in [0, 0.1) is 51.2 Å². The molecule has 1 saturated heterocycles. The van der Waals surface area contributed by atoms with Crippen molar-refractivity contribution < 1.29 is 19.4 Å². The van der Waals surface area contributed by atoms with Gasteiger partial charge in [0.25, 0.3) is 0 Å². The number of rotatable bonds is 2. The van der Waals surface area contributed by atoms with Gasteiger partial charge < -0.3 is 14.6 Å². The van der Waals surface area contributed by atoms with Gasteiger partial charge in [0.2, 0.25) is 0 Å². The van der Waals surface area contributed by atoms with E-state index in [0.29, 0.717) is 29.3 Å². The molecular formula is C29H48O4. The largest absolute Gasteiger partial charge is 0.462 e. The van der Waals surface area contributed by atoms with Crippen LogP contribution in [0.15, 0.2) is 0 Å². The van der Waals surface area contributed by atoms with Gasteiger partial charge in [-0.1, -0.05) is 47.5 Å². The number of carbonyl (C=O) groups is 1. The first kappa shape index (κ1) is 24.1. The monoisotopic (exact) mass is 460 g/mol. The summed E-state index contributed by atoms with van der Waals surface area (Å²) in [5.74, 6) is 0.990. The summed E-state index contributed by atoms with van der Waals surface area (Å²) in [5.41, 5.74) is 0.847. The predicted octanol–water partition coefficient (Wildman–Crippen LogP) is 6.35. The van der Waals surface area contributed by atoms with Crippen molar-refractivity contribution >= 4 is 5.97 Å². The van der Waals surface area contributed by atoms with E-state index in [4.69, 9.17) is 9.47 Å². The quantitative estimate of drug-likeness (QED) is 0.488. The average molecular weight is 461 g/mol. The molecule has 1 N–H and O–H groups in total. The molecule has 1 heterocycles. The summed E-state index contributed by atoms with van der Waals surface area (Å²) in [6.45, 7) is 16.5. The fourth-order valence-corrected chi connectivity index (χ4v) is 11.1. The smallest absolute Gasteiger partial charge is 0.302 e.